The smallest absolute Gasteiger partial charge is 0.229 e. The second-order valence-electron chi connectivity index (χ2n) is 6.60. The number of amides is 1. The standard InChI is InChI=1S/C18H23ClN6O2/c1-11(26)6-22-17-10-21-9-15(24-17)13-5-16(23-8-14(13)19)25-18(27)12-3-2-4-20-7-12/h5,8-12,20,26H,2-4,6-7H2,1H3,(H,22,24)(H,23,25,27)/t11-,12-/m1/s1. The minimum absolute atomic E-state index is 0.0543. The molecule has 0 aliphatic carbocycles. The van der Waals surface area contributed by atoms with E-state index >= 15 is 0 Å². The van der Waals surface area contributed by atoms with Gasteiger partial charge in [0.15, 0.2) is 0 Å². The van der Waals surface area contributed by atoms with Gasteiger partial charge in [0, 0.05) is 24.8 Å². The van der Waals surface area contributed by atoms with Crippen molar-refractivity contribution >= 4 is 29.1 Å². The number of aliphatic hydroxyl groups excluding tert-OH is 1. The van der Waals surface area contributed by atoms with Crippen LogP contribution in [0.4, 0.5) is 11.6 Å². The maximum atomic E-state index is 12.4. The molecule has 0 spiro atoms. The molecule has 2 atom stereocenters. The van der Waals surface area contributed by atoms with Crippen LogP contribution in [0.3, 0.4) is 0 Å². The van der Waals surface area contributed by atoms with Gasteiger partial charge in [-0.1, -0.05) is 11.6 Å². The monoisotopic (exact) mass is 390 g/mol. The number of rotatable bonds is 6. The van der Waals surface area contributed by atoms with E-state index in [2.05, 4.69) is 30.9 Å². The Morgan fingerprint density at radius 2 is 2.26 bits per heavy atom. The molecule has 2 aromatic heterocycles. The largest absolute Gasteiger partial charge is 0.392 e. The summed E-state index contributed by atoms with van der Waals surface area (Å²) in [5.41, 5.74) is 1.17. The zero-order valence-corrected chi connectivity index (χ0v) is 15.8. The minimum atomic E-state index is -0.504. The summed E-state index contributed by atoms with van der Waals surface area (Å²) in [5.74, 6) is 0.836. The molecule has 1 aliphatic heterocycles. The van der Waals surface area contributed by atoms with Gasteiger partial charge in [0.05, 0.1) is 35.1 Å². The van der Waals surface area contributed by atoms with E-state index in [1.165, 1.54) is 6.20 Å². The molecule has 0 unspecified atom stereocenters. The molecule has 1 aliphatic rings. The van der Waals surface area contributed by atoms with Crippen molar-refractivity contribution in [3.63, 3.8) is 0 Å². The van der Waals surface area contributed by atoms with Crippen molar-refractivity contribution < 1.29 is 9.90 Å². The lowest BCUT2D eigenvalue weighted by Gasteiger charge is -2.21. The third-order valence-corrected chi connectivity index (χ3v) is 4.56. The van der Waals surface area contributed by atoms with Crippen LogP contribution in [-0.2, 0) is 4.79 Å². The molecule has 0 saturated carbocycles. The fourth-order valence-electron chi connectivity index (χ4n) is 2.84. The van der Waals surface area contributed by atoms with Crippen LogP contribution in [0.25, 0.3) is 11.3 Å². The van der Waals surface area contributed by atoms with Crippen molar-refractivity contribution in [1.29, 1.82) is 0 Å². The molecule has 0 bridgehead atoms. The summed E-state index contributed by atoms with van der Waals surface area (Å²) in [6.07, 6.45) is 5.99. The van der Waals surface area contributed by atoms with Crippen LogP contribution in [0.5, 0.6) is 0 Å². The molecule has 1 saturated heterocycles. The first-order chi connectivity index (χ1) is 13.0. The van der Waals surface area contributed by atoms with Crippen molar-refractivity contribution in [3.8, 4) is 11.3 Å². The highest BCUT2D eigenvalue weighted by Crippen LogP contribution is 2.28. The number of anilines is 2. The summed E-state index contributed by atoms with van der Waals surface area (Å²) in [6, 6.07) is 1.69. The summed E-state index contributed by atoms with van der Waals surface area (Å²) < 4.78 is 0. The van der Waals surface area contributed by atoms with Crippen molar-refractivity contribution in [1.82, 2.24) is 20.3 Å². The zero-order valence-electron chi connectivity index (χ0n) is 15.1. The highest BCUT2D eigenvalue weighted by Gasteiger charge is 2.21. The SMILES string of the molecule is C[C@@H](O)CNc1cncc(-c2cc(NC(=O)[C@@H]3CCCNC3)ncc2Cl)n1. The summed E-state index contributed by atoms with van der Waals surface area (Å²) in [5, 5.41) is 18.9. The lowest BCUT2D eigenvalue weighted by molar-refractivity contribution is -0.120. The van der Waals surface area contributed by atoms with E-state index in [4.69, 9.17) is 11.6 Å². The van der Waals surface area contributed by atoms with Crippen LogP contribution >= 0.6 is 11.6 Å². The Balaban J connectivity index is 1.77. The second-order valence-corrected chi connectivity index (χ2v) is 7.01. The molecule has 8 nitrogen and oxygen atoms in total. The van der Waals surface area contributed by atoms with E-state index in [-0.39, 0.29) is 11.8 Å². The summed E-state index contributed by atoms with van der Waals surface area (Å²) >= 11 is 6.28. The molecule has 3 rings (SSSR count). The molecular formula is C18H23ClN6O2. The lowest BCUT2D eigenvalue weighted by atomic mass is 9.99. The van der Waals surface area contributed by atoms with E-state index in [9.17, 15) is 9.90 Å². The molecular weight excluding hydrogens is 368 g/mol. The van der Waals surface area contributed by atoms with E-state index in [0.29, 0.717) is 41.0 Å². The van der Waals surface area contributed by atoms with E-state index in [1.807, 2.05) is 0 Å². The zero-order chi connectivity index (χ0) is 19.2. The van der Waals surface area contributed by atoms with Crippen LogP contribution in [0.15, 0.2) is 24.7 Å². The van der Waals surface area contributed by atoms with Crippen molar-refractivity contribution in [2.75, 3.05) is 30.3 Å². The van der Waals surface area contributed by atoms with E-state index in [0.717, 1.165) is 19.4 Å². The number of hydrogen-bond donors (Lipinski definition) is 4. The Morgan fingerprint density at radius 3 is 3.00 bits per heavy atom. The highest BCUT2D eigenvalue weighted by molar-refractivity contribution is 6.33. The van der Waals surface area contributed by atoms with Gasteiger partial charge in [0.25, 0.3) is 0 Å². The Morgan fingerprint density at radius 1 is 1.41 bits per heavy atom. The Labute approximate surface area is 162 Å². The molecule has 3 heterocycles. The summed E-state index contributed by atoms with van der Waals surface area (Å²) in [6.45, 7) is 3.67. The van der Waals surface area contributed by atoms with Gasteiger partial charge in [0.2, 0.25) is 5.91 Å². The predicted octanol–water partition coefficient (Wildman–Crippen LogP) is 1.92. The maximum Gasteiger partial charge on any atom is 0.229 e. The lowest BCUT2D eigenvalue weighted by Crippen LogP contribution is -2.37. The molecule has 2 aromatic rings. The average Bonchev–Trinajstić information content (AvgIpc) is 2.68. The Bertz CT molecular complexity index is 795. The third-order valence-electron chi connectivity index (χ3n) is 4.26. The highest BCUT2D eigenvalue weighted by atomic mass is 35.5. The van der Waals surface area contributed by atoms with Gasteiger partial charge in [0.1, 0.15) is 11.6 Å². The molecule has 1 fully saturated rings. The number of hydrogen-bond acceptors (Lipinski definition) is 7. The van der Waals surface area contributed by atoms with Gasteiger partial charge in [-0.15, -0.1) is 0 Å². The molecule has 0 aromatic carbocycles. The van der Waals surface area contributed by atoms with Gasteiger partial charge in [-0.05, 0) is 32.4 Å². The van der Waals surface area contributed by atoms with Crippen LogP contribution in [0.1, 0.15) is 19.8 Å². The molecule has 9 heteroatoms. The van der Waals surface area contributed by atoms with Gasteiger partial charge in [-0.25, -0.2) is 9.97 Å². The third kappa shape index (κ3) is 5.35. The van der Waals surface area contributed by atoms with Crippen molar-refractivity contribution in [3.05, 3.63) is 29.7 Å². The van der Waals surface area contributed by atoms with Gasteiger partial charge >= 0.3 is 0 Å². The quantitative estimate of drug-likeness (QED) is 0.596. The molecule has 1 amide bonds. The number of nitrogens with zero attached hydrogens (tertiary/aromatic N) is 3. The maximum absolute atomic E-state index is 12.4. The first-order valence-corrected chi connectivity index (χ1v) is 9.32. The van der Waals surface area contributed by atoms with Crippen molar-refractivity contribution in [2.24, 2.45) is 5.92 Å². The number of piperidine rings is 1. The summed E-state index contributed by atoms with van der Waals surface area (Å²) in [4.78, 5) is 25.2. The number of aliphatic hydroxyl groups is 1. The van der Waals surface area contributed by atoms with Gasteiger partial charge < -0.3 is 21.1 Å². The topological polar surface area (TPSA) is 112 Å². The van der Waals surface area contributed by atoms with Crippen LogP contribution in [0, 0.1) is 5.92 Å². The average molecular weight is 391 g/mol. The van der Waals surface area contributed by atoms with Crippen LogP contribution in [-0.4, -0.2) is 51.7 Å². The fourth-order valence-corrected chi connectivity index (χ4v) is 3.04. The number of aromatic nitrogens is 3. The molecule has 0 radical (unpaired) electrons. The molecule has 27 heavy (non-hydrogen) atoms. The first-order valence-electron chi connectivity index (χ1n) is 8.94. The number of pyridine rings is 1. The number of nitrogens with one attached hydrogen (secondary N) is 3. The minimum Gasteiger partial charge on any atom is -0.392 e. The number of halogens is 1. The van der Waals surface area contributed by atoms with Crippen molar-refractivity contribution in [2.45, 2.75) is 25.9 Å². The van der Waals surface area contributed by atoms with Crippen LogP contribution in [0.2, 0.25) is 5.02 Å². The first kappa shape index (κ1) is 19.5. The van der Waals surface area contributed by atoms with Gasteiger partial charge in [-0.3, -0.25) is 9.78 Å². The van der Waals surface area contributed by atoms with E-state index < -0.39 is 6.10 Å². The Kier molecular flexibility index (Phi) is 6.54. The molecule has 144 valence electrons. The van der Waals surface area contributed by atoms with Gasteiger partial charge in [-0.2, -0.15) is 0 Å². The molecule has 4 N–H and O–H groups in total. The second kappa shape index (κ2) is 9.07. The number of carbonyl (C=O) groups is 1. The Hall–Kier alpha value is -2.29. The fraction of sp³-hybridized carbons (Fsp3) is 0.444. The summed E-state index contributed by atoms with van der Waals surface area (Å²) in [7, 11) is 0. The van der Waals surface area contributed by atoms with E-state index in [1.54, 1.807) is 25.4 Å². The number of carbonyl (C=O) groups excluding carboxylic acids is 1. The van der Waals surface area contributed by atoms with Crippen LogP contribution < -0.4 is 16.0 Å². The normalized spacial score (nSPS) is 18.0. The predicted molar refractivity (Wildman–Crippen MR) is 105 cm³/mol.